The van der Waals surface area contributed by atoms with E-state index in [1.54, 1.807) is 24.3 Å². The molecule has 0 unspecified atom stereocenters. The summed E-state index contributed by atoms with van der Waals surface area (Å²) >= 11 is 1.17. The van der Waals surface area contributed by atoms with Gasteiger partial charge in [-0.1, -0.05) is 42.9 Å². The fourth-order valence-corrected chi connectivity index (χ4v) is 3.31. The summed E-state index contributed by atoms with van der Waals surface area (Å²) in [7, 11) is 0. The van der Waals surface area contributed by atoms with Crippen molar-refractivity contribution in [1.29, 1.82) is 0 Å². The molecule has 2 N–H and O–H groups in total. The minimum atomic E-state index is -0.377. The molecule has 0 aliphatic rings. The largest absolute Gasteiger partial charge is 0.486 e. The molecule has 0 bridgehead atoms. The van der Waals surface area contributed by atoms with Crippen LogP contribution in [-0.2, 0) is 6.61 Å². The van der Waals surface area contributed by atoms with Gasteiger partial charge in [0.1, 0.15) is 12.4 Å². The number of hydrogen-bond donors (Lipinski definition) is 2. The molecule has 0 saturated heterocycles. The van der Waals surface area contributed by atoms with E-state index in [2.05, 4.69) is 27.8 Å². The summed E-state index contributed by atoms with van der Waals surface area (Å²) in [5.74, 6) is 0.203. The molecule has 2 aromatic carbocycles. The molecule has 156 valence electrons. The number of nitrogens with one attached hydrogen (secondary N) is 2. The monoisotopic (exact) mass is 424 g/mol. The minimum absolute atomic E-state index is 0.161. The summed E-state index contributed by atoms with van der Waals surface area (Å²) in [6, 6.07) is 14.5. The molecule has 3 aromatic rings. The Balaban J connectivity index is 1.57. The molecule has 0 radical (unpaired) electrons. The van der Waals surface area contributed by atoms with Crippen LogP contribution in [0.2, 0.25) is 0 Å². The average Bonchev–Trinajstić information content (AvgIpc) is 3.22. The van der Waals surface area contributed by atoms with Crippen molar-refractivity contribution >= 4 is 28.8 Å². The molecule has 1 heterocycles. The van der Waals surface area contributed by atoms with E-state index in [4.69, 9.17) is 4.74 Å². The number of ether oxygens (including phenoxy) is 1. The number of benzene rings is 2. The second-order valence-corrected chi connectivity index (χ2v) is 7.81. The standard InChI is InChI=1S/C22H24N4O3S/c1-3-4-11-23-20(27)16-8-6-9-17(13-16)24-21(28)22-26-25-19(30-22)14-29-18-10-5-7-15(2)12-18/h5-10,12-13H,3-4,11,14H2,1-2H3,(H,23,27)(H,24,28). The van der Waals surface area contributed by atoms with E-state index >= 15 is 0 Å². The van der Waals surface area contributed by atoms with Crippen molar-refractivity contribution in [3.05, 3.63) is 69.7 Å². The Morgan fingerprint density at radius 3 is 2.70 bits per heavy atom. The first kappa shape index (κ1) is 21.4. The molecule has 0 aliphatic carbocycles. The van der Waals surface area contributed by atoms with Gasteiger partial charge in [0.05, 0.1) is 0 Å². The van der Waals surface area contributed by atoms with E-state index in [0.29, 0.717) is 22.8 Å². The van der Waals surface area contributed by atoms with Crippen LogP contribution < -0.4 is 15.4 Å². The number of rotatable bonds is 9. The molecule has 7 nitrogen and oxygen atoms in total. The molecule has 0 aliphatic heterocycles. The topological polar surface area (TPSA) is 93.2 Å². The summed E-state index contributed by atoms with van der Waals surface area (Å²) < 4.78 is 5.70. The first-order chi connectivity index (χ1) is 14.5. The van der Waals surface area contributed by atoms with E-state index in [1.807, 2.05) is 31.2 Å². The van der Waals surface area contributed by atoms with Crippen molar-refractivity contribution in [3.8, 4) is 5.75 Å². The number of amides is 2. The van der Waals surface area contributed by atoms with Gasteiger partial charge in [-0.25, -0.2) is 0 Å². The lowest BCUT2D eigenvalue weighted by molar-refractivity contribution is 0.0951. The number of unbranched alkanes of at least 4 members (excludes halogenated alkanes) is 1. The fourth-order valence-electron chi connectivity index (χ4n) is 2.66. The van der Waals surface area contributed by atoms with Gasteiger partial charge in [-0.15, -0.1) is 10.2 Å². The van der Waals surface area contributed by atoms with Crippen molar-refractivity contribution in [2.45, 2.75) is 33.3 Å². The first-order valence-electron chi connectivity index (χ1n) is 9.76. The Morgan fingerprint density at radius 1 is 1.07 bits per heavy atom. The molecule has 0 spiro atoms. The zero-order valence-electron chi connectivity index (χ0n) is 17.0. The number of carbonyl (C=O) groups is 2. The first-order valence-corrected chi connectivity index (χ1v) is 10.6. The number of hydrogen-bond acceptors (Lipinski definition) is 6. The van der Waals surface area contributed by atoms with Crippen LogP contribution in [0.15, 0.2) is 48.5 Å². The third-order valence-corrected chi connectivity index (χ3v) is 5.11. The Labute approximate surface area is 179 Å². The van der Waals surface area contributed by atoms with Gasteiger partial charge >= 0.3 is 0 Å². The summed E-state index contributed by atoms with van der Waals surface area (Å²) in [5, 5.41) is 14.4. The van der Waals surface area contributed by atoms with Crippen LogP contribution in [0.1, 0.15) is 50.5 Å². The van der Waals surface area contributed by atoms with E-state index < -0.39 is 0 Å². The van der Waals surface area contributed by atoms with Gasteiger partial charge in [0.25, 0.3) is 11.8 Å². The van der Waals surface area contributed by atoms with Crippen molar-refractivity contribution in [1.82, 2.24) is 15.5 Å². The molecule has 3 rings (SSSR count). The van der Waals surface area contributed by atoms with Gasteiger partial charge in [-0.3, -0.25) is 9.59 Å². The van der Waals surface area contributed by atoms with Gasteiger partial charge in [0.15, 0.2) is 5.01 Å². The average molecular weight is 425 g/mol. The third-order valence-electron chi connectivity index (χ3n) is 4.21. The number of anilines is 1. The van der Waals surface area contributed by atoms with Crippen LogP contribution in [0.3, 0.4) is 0 Å². The lowest BCUT2D eigenvalue weighted by Gasteiger charge is -2.07. The Bertz CT molecular complexity index is 1020. The number of nitrogens with zero attached hydrogens (tertiary/aromatic N) is 2. The quantitative estimate of drug-likeness (QED) is 0.502. The number of carbonyl (C=O) groups excluding carboxylic acids is 2. The summed E-state index contributed by atoms with van der Waals surface area (Å²) in [6.07, 6.45) is 1.94. The van der Waals surface area contributed by atoms with E-state index in [0.717, 1.165) is 24.2 Å². The van der Waals surface area contributed by atoms with Gasteiger partial charge in [-0.2, -0.15) is 0 Å². The lowest BCUT2D eigenvalue weighted by atomic mass is 10.2. The second kappa shape index (κ2) is 10.5. The summed E-state index contributed by atoms with van der Waals surface area (Å²) in [4.78, 5) is 24.7. The van der Waals surface area contributed by atoms with Crippen LogP contribution in [0, 0.1) is 6.92 Å². The highest BCUT2D eigenvalue weighted by molar-refractivity contribution is 7.13. The van der Waals surface area contributed by atoms with Gasteiger partial charge in [-0.05, 0) is 49.2 Å². The van der Waals surface area contributed by atoms with Gasteiger partial charge in [0.2, 0.25) is 5.01 Å². The van der Waals surface area contributed by atoms with Crippen molar-refractivity contribution < 1.29 is 14.3 Å². The normalized spacial score (nSPS) is 10.5. The van der Waals surface area contributed by atoms with Crippen LogP contribution in [0.5, 0.6) is 5.75 Å². The van der Waals surface area contributed by atoms with Crippen molar-refractivity contribution in [2.24, 2.45) is 0 Å². The van der Waals surface area contributed by atoms with Crippen LogP contribution >= 0.6 is 11.3 Å². The van der Waals surface area contributed by atoms with Gasteiger partial charge < -0.3 is 15.4 Å². The molecule has 30 heavy (non-hydrogen) atoms. The SMILES string of the molecule is CCCCNC(=O)c1cccc(NC(=O)c2nnc(COc3cccc(C)c3)s2)c1. The second-order valence-electron chi connectivity index (χ2n) is 6.75. The minimum Gasteiger partial charge on any atom is -0.486 e. The molecule has 0 saturated carbocycles. The molecular weight excluding hydrogens is 400 g/mol. The molecule has 8 heteroatoms. The Morgan fingerprint density at radius 2 is 1.90 bits per heavy atom. The van der Waals surface area contributed by atoms with Crippen LogP contribution in [0.25, 0.3) is 0 Å². The fraction of sp³-hybridized carbons (Fsp3) is 0.273. The maximum Gasteiger partial charge on any atom is 0.286 e. The molecular formula is C22H24N4O3S. The number of aromatic nitrogens is 2. The Hall–Kier alpha value is -3.26. The van der Waals surface area contributed by atoms with E-state index in [1.165, 1.54) is 11.3 Å². The molecule has 1 aromatic heterocycles. The summed E-state index contributed by atoms with van der Waals surface area (Å²) in [5.41, 5.74) is 2.12. The van der Waals surface area contributed by atoms with Crippen LogP contribution in [0.4, 0.5) is 5.69 Å². The molecule has 0 fully saturated rings. The smallest absolute Gasteiger partial charge is 0.286 e. The van der Waals surface area contributed by atoms with Crippen LogP contribution in [-0.4, -0.2) is 28.6 Å². The van der Waals surface area contributed by atoms with Gasteiger partial charge in [0, 0.05) is 17.8 Å². The maximum atomic E-state index is 12.5. The lowest BCUT2D eigenvalue weighted by Crippen LogP contribution is -2.24. The maximum absolute atomic E-state index is 12.5. The predicted octanol–water partition coefficient (Wildman–Crippen LogP) is 4.21. The zero-order chi connectivity index (χ0) is 21.3. The Kier molecular flexibility index (Phi) is 7.51. The predicted molar refractivity (Wildman–Crippen MR) is 117 cm³/mol. The van der Waals surface area contributed by atoms with Crippen molar-refractivity contribution in [3.63, 3.8) is 0 Å². The third kappa shape index (κ3) is 6.12. The van der Waals surface area contributed by atoms with E-state index in [9.17, 15) is 9.59 Å². The van der Waals surface area contributed by atoms with E-state index in [-0.39, 0.29) is 23.4 Å². The zero-order valence-corrected chi connectivity index (χ0v) is 17.8. The highest BCUT2D eigenvalue weighted by atomic mass is 32.1. The number of aryl methyl sites for hydroxylation is 1. The highest BCUT2D eigenvalue weighted by Crippen LogP contribution is 2.18. The highest BCUT2D eigenvalue weighted by Gasteiger charge is 2.14. The summed E-state index contributed by atoms with van der Waals surface area (Å²) in [6.45, 7) is 4.92. The van der Waals surface area contributed by atoms with Crippen molar-refractivity contribution in [2.75, 3.05) is 11.9 Å². The molecule has 2 amide bonds. The molecule has 0 atom stereocenters.